The third kappa shape index (κ3) is 5.38. The lowest BCUT2D eigenvalue weighted by Crippen LogP contribution is -2.31. The lowest BCUT2D eigenvalue weighted by molar-refractivity contribution is 0.220. The maximum Gasteiger partial charge on any atom is 0.321 e. The van der Waals surface area contributed by atoms with E-state index in [4.69, 9.17) is 0 Å². The maximum absolute atomic E-state index is 12.3. The summed E-state index contributed by atoms with van der Waals surface area (Å²) in [5, 5.41) is 2.80. The SMILES string of the molecule is Cc1ccccc1CN(C)C(=O)Nc1cccc(CS(C)(=O)=O)c1. The highest BCUT2D eigenvalue weighted by Gasteiger charge is 2.11. The Morgan fingerprint density at radius 2 is 1.83 bits per heavy atom. The fourth-order valence-corrected chi connectivity index (χ4v) is 3.16. The molecule has 2 aromatic carbocycles. The molecule has 0 saturated carbocycles. The van der Waals surface area contributed by atoms with Gasteiger partial charge in [0.1, 0.15) is 0 Å². The molecule has 0 saturated heterocycles. The number of sulfone groups is 1. The third-order valence-corrected chi connectivity index (χ3v) is 4.48. The highest BCUT2D eigenvalue weighted by atomic mass is 32.2. The molecule has 0 radical (unpaired) electrons. The van der Waals surface area contributed by atoms with E-state index in [-0.39, 0.29) is 11.8 Å². The number of urea groups is 1. The predicted octanol–water partition coefficient (Wildman–Crippen LogP) is 3.20. The van der Waals surface area contributed by atoms with Gasteiger partial charge in [0.05, 0.1) is 5.75 Å². The molecule has 1 N–H and O–H groups in total. The highest BCUT2D eigenvalue weighted by Crippen LogP contribution is 2.15. The number of hydrogen-bond acceptors (Lipinski definition) is 3. The molecule has 0 aliphatic carbocycles. The summed E-state index contributed by atoms with van der Waals surface area (Å²) in [6.45, 7) is 2.51. The summed E-state index contributed by atoms with van der Waals surface area (Å²) in [6, 6.07) is 14.6. The van der Waals surface area contributed by atoms with Crippen LogP contribution in [0.15, 0.2) is 48.5 Å². The first-order valence-corrected chi connectivity index (χ1v) is 9.64. The Bertz CT molecular complexity index is 832. The summed E-state index contributed by atoms with van der Waals surface area (Å²) < 4.78 is 22.8. The normalized spacial score (nSPS) is 11.1. The van der Waals surface area contributed by atoms with Crippen molar-refractivity contribution in [3.8, 4) is 0 Å². The molecule has 0 spiro atoms. The molecule has 0 aliphatic rings. The van der Waals surface area contributed by atoms with Gasteiger partial charge < -0.3 is 10.2 Å². The standard InChI is InChI=1S/C18H22N2O3S/c1-14-7-4-5-9-16(14)12-20(2)18(21)19-17-10-6-8-15(11-17)13-24(3,22)23/h4-11H,12-13H2,1-3H3,(H,19,21). The van der Waals surface area contributed by atoms with Crippen molar-refractivity contribution in [3.05, 3.63) is 65.2 Å². The average Bonchev–Trinajstić information content (AvgIpc) is 2.48. The zero-order valence-corrected chi connectivity index (χ0v) is 14.9. The number of nitrogens with zero attached hydrogens (tertiary/aromatic N) is 1. The molecule has 2 aromatic rings. The molecule has 0 atom stereocenters. The van der Waals surface area contributed by atoms with Gasteiger partial charge in [-0.05, 0) is 35.7 Å². The summed E-state index contributed by atoms with van der Waals surface area (Å²) in [5.74, 6) is -0.0459. The number of amides is 2. The zero-order valence-electron chi connectivity index (χ0n) is 14.1. The Morgan fingerprint density at radius 3 is 2.50 bits per heavy atom. The van der Waals surface area contributed by atoms with Crippen molar-refractivity contribution in [2.75, 3.05) is 18.6 Å². The summed E-state index contributed by atoms with van der Waals surface area (Å²) in [4.78, 5) is 13.9. The summed E-state index contributed by atoms with van der Waals surface area (Å²) in [5.41, 5.74) is 3.45. The predicted molar refractivity (Wildman–Crippen MR) is 96.7 cm³/mol. The average molecular weight is 346 g/mol. The topological polar surface area (TPSA) is 66.5 Å². The van der Waals surface area contributed by atoms with E-state index in [0.29, 0.717) is 17.8 Å². The minimum atomic E-state index is -3.11. The lowest BCUT2D eigenvalue weighted by Gasteiger charge is -2.19. The van der Waals surface area contributed by atoms with Crippen molar-refractivity contribution < 1.29 is 13.2 Å². The molecule has 24 heavy (non-hydrogen) atoms. The van der Waals surface area contributed by atoms with Crippen molar-refractivity contribution in [1.82, 2.24) is 4.90 Å². The van der Waals surface area contributed by atoms with E-state index in [0.717, 1.165) is 11.1 Å². The second-order valence-corrected chi connectivity index (χ2v) is 8.12. The van der Waals surface area contributed by atoms with Crippen LogP contribution in [0, 0.1) is 6.92 Å². The summed E-state index contributed by atoms with van der Waals surface area (Å²) in [6.07, 6.45) is 1.19. The Balaban J connectivity index is 2.04. The monoisotopic (exact) mass is 346 g/mol. The van der Waals surface area contributed by atoms with Gasteiger partial charge in [-0.15, -0.1) is 0 Å². The van der Waals surface area contributed by atoms with Gasteiger partial charge >= 0.3 is 6.03 Å². The van der Waals surface area contributed by atoms with Crippen LogP contribution in [0.3, 0.4) is 0 Å². The fourth-order valence-electron chi connectivity index (χ4n) is 2.38. The van der Waals surface area contributed by atoms with Crippen molar-refractivity contribution in [3.63, 3.8) is 0 Å². The number of aryl methyl sites for hydroxylation is 1. The quantitative estimate of drug-likeness (QED) is 0.904. The first kappa shape index (κ1) is 18.0. The van der Waals surface area contributed by atoms with E-state index in [1.54, 1.807) is 36.2 Å². The number of benzene rings is 2. The number of rotatable bonds is 5. The first-order chi connectivity index (χ1) is 11.2. The molecule has 0 heterocycles. The summed E-state index contributed by atoms with van der Waals surface area (Å²) >= 11 is 0. The summed E-state index contributed by atoms with van der Waals surface area (Å²) in [7, 11) is -1.38. The molecule has 0 unspecified atom stereocenters. The van der Waals surface area contributed by atoms with Crippen molar-refractivity contribution in [1.29, 1.82) is 0 Å². The highest BCUT2D eigenvalue weighted by molar-refractivity contribution is 7.89. The molecule has 128 valence electrons. The second-order valence-electron chi connectivity index (χ2n) is 5.98. The number of anilines is 1. The first-order valence-electron chi connectivity index (χ1n) is 7.58. The van der Waals surface area contributed by atoms with E-state index in [2.05, 4.69) is 5.32 Å². The van der Waals surface area contributed by atoms with Gasteiger partial charge in [-0.25, -0.2) is 13.2 Å². The largest absolute Gasteiger partial charge is 0.323 e. The number of carbonyl (C=O) groups is 1. The van der Waals surface area contributed by atoms with Crippen LogP contribution in [0.25, 0.3) is 0 Å². The van der Waals surface area contributed by atoms with Crippen LogP contribution in [0.1, 0.15) is 16.7 Å². The van der Waals surface area contributed by atoms with Gasteiger partial charge in [0, 0.05) is 25.5 Å². The Labute approximate surface area is 143 Å². The third-order valence-electron chi connectivity index (χ3n) is 3.62. The zero-order chi connectivity index (χ0) is 17.7. The van der Waals surface area contributed by atoms with Gasteiger partial charge in [-0.3, -0.25) is 0 Å². The number of nitrogens with one attached hydrogen (secondary N) is 1. The van der Waals surface area contributed by atoms with E-state index < -0.39 is 9.84 Å². The van der Waals surface area contributed by atoms with Crippen molar-refractivity contribution in [2.45, 2.75) is 19.2 Å². The molecule has 6 heteroatoms. The van der Waals surface area contributed by atoms with Crippen LogP contribution in [0.2, 0.25) is 0 Å². The van der Waals surface area contributed by atoms with Crippen molar-refractivity contribution in [2.24, 2.45) is 0 Å². The molecule has 5 nitrogen and oxygen atoms in total. The minimum Gasteiger partial charge on any atom is -0.323 e. The fraction of sp³-hybridized carbons (Fsp3) is 0.278. The van der Waals surface area contributed by atoms with E-state index >= 15 is 0 Å². The van der Waals surface area contributed by atoms with Crippen LogP contribution in [-0.2, 0) is 22.1 Å². The van der Waals surface area contributed by atoms with Crippen LogP contribution in [0.5, 0.6) is 0 Å². The molecule has 0 aromatic heterocycles. The van der Waals surface area contributed by atoms with Gasteiger partial charge in [-0.1, -0.05) is 36.4 Å². The second kappa shape index (κ2) is 7.49. The molecule has 0 bridgehead atoms. The lowest BCUT2D eigenvalue weighted by atomic mass is 10.1. The number of hydrogen-bond donors (Lipinski definition) is 1. The Kier molecular flexibility index (Phi) is 5.62. The van der Waals surface area contributed by atoms with Gasteiger partial charge in [-0.2, -0.15) is 0 Å². The minimum absolute atomic E-state index is 0.0459. The van der Waals surface area contributed by atoms with Crippen LogP contribution >= 0.6 is 0 Å². The molecule has 0 fully saturated rings. The molecule has 0 aliphatic heterocycles. The van der Waals surface area contributed by atoms with Gasteiger partial charge in [0.15, 0.2) is 9.84 Å². The van der Waals surface area contributed by atoms with Crippen LogP contribution < -0.4 is 5.32 Å². The van der Waals surface area contributed by atoms with E-state index in [1.807, 2.05) is 31.2 Å². The Hall–Kier alpha value is -2.34. The molecular weight excluding hydrogens is 324 g/mol. The smallest absolute Gasteiger partial charge is 0.321 e. The van der Waals surface area contributed by atoms with Crippen LogP contribution in [-0.4, -0.2) is 32.7 Å². The molecular formula is C18H22N2O3S. The number of carbonyl (C=O) groups excluding carboxylic acids is 1. The van der Waals surface area contributed by atoms with E-state index in [1.165, 1.54) is 6.26 Å². The Morgan fingerprint density at radius 1 is 1.12 bits per heavy atom. The van der Waals surface area contributed by atoms with Crippen LogP contribution in [0.4, 0.5) is 10.5 Å². The maximum atomic E-state index is 12.3. The molecule has 2 amide bonds. The van der Waals surface area contributed by atoms with Gasteiger partial charge in [0.2, 0.25) is 0 Å². The van der Waals surface area contributed by atoms with E-state index in [9.17, 15) is 13.2 Å². The van der Waals surface area contributed by atoms with Gasteiger partial charge in [0.25, 0.3) is 0 Å². The van der Waals surface area contributed by atoms with Crippen molar-refractivity contribution >= 4 is 21.6 Å². The molecule has 2 rings (SSSR count).